The number of nitrogens with zero attached hydrogens (tertiary/aromatic N) is 2. The minimum Gasteiger partial charge on any atom is -0.507 e. The van der Waals surface area contributed by atoms with Crippen LogP contribution in [0.4, 0.5) is 0 Å². The number of fused-ring (bicyclic) bond motifs is 1. The van der Waals surface area contributed by atoms with Gasteiger partial charge < -0.3 is 5.11 Å². The fraction of sp³-hybridized carbons (Fsp3) is 0. The molecule has 82 valence electrons. The zero-order valence-electron chi connectivity index (χ0n) is 9.04. The lowest BCUT2D eigenvalue weighted by Gasteiger charge is -2.06. The second kappa shape index (κ2) is 3.87. The number of hydrogen-bond donors (Lipinski definition) is 1. The van der Waals surface area contributed by atoms with Gasteiger partial charge in [-0.2, -0.15) is 5.10 Å². The third-order valence-corrected chi connectivity index (χ3v) is 2.73. The molecule has 0 atom stereocenters. The Balaban J connectivity index is 2.35. The van der Waals surface area contributed by atoms with E-state index in [0.29, 0.717) is 11.3 Å². The molecule has 1 aromatic heterocycles. The summed E-state index contributed by atoms with van der Waals surface area (Å²) in [5.41, 5.74) is 1.41. The summed E-state index contributed by atoms with van der Waals surface area (Å²) >= 11 is 0. The molecule has 3 heteroatoms. The van der Waals surface area contributed by atoms with E-state index in [1.165, 1.54) is 0 Å². The highest BCUT2D eigenvalue weighted by atomic mass is 16.3. The molecule has 0 bridgehead atoms. The quantitative estimate of drug-likeness (QED) is 0.688. The lowest BCUT2D eigenvalue weighted by Crippen LogP contribution is -1.89. The number of aromatic hydroxyl groups is 1. The number of phenols is 1. The number of benzene rings is 2. The van der Waals surface area contributed by atoms with Crippen molar-refractivity contribution < 1.29 is 5.11 Å². The molecule has 0 saturated carbocycles. The van der Waals surface area contributed by atoms with Crippen molar-refractivity contribution in [3.05, 3.63) is 54.7 Å². The van der Waals surface area contributed by atoms with Crippen molar-refractivity contribution in [3.63, 3.8) is 0 Å². The van der Waals surface area contributed by atoms with Crippen molar-refractivity contribution in [2.24, 2.45) is 0 Å². The zero-order chi connectivity index (χ0) is 11.7. The van der Waals surface area contributed by atoms with E-state index < -0.39 is 0 Å². The molecule has 0 radical (unpaired) electrons. The molecule has 0 aliphatic rings. The molecule has 1 heterocycles. The van der Waals surface area contributed by atoms with Crippen molar-refractivity contribution in [2.75, 3.05) is 0 Å². The predicted octanol–water partition coefficient (Wildman–Crippen LogP) is 3.00. The first-order valence-corrected chi connectivity index (χ1v) is 5.35. The number of phenolic OH excluding ortho intramolecular Hbond substituents is 1. The SMILES string of the molecule is Oc1ccccc1-c1nncc2ccccc12. The van der Waals surface area contributed by atoms with Gasteiger partial charge in [-0.3, -0.25) is 0 Å². The summed E-state index contributed by atoms with van der Waals surface area (Å²) in [4.78, 5) is 0. The maximum Gasteiger partial charge on any atom is 0.125 e. The first kappa shape index (κ1) is 9.78. The third kappa shape index (κ3) is 1.61. The summed E-state index contributed by atoms with van der Waals surface area (Å²) in [5.74, 6) is 0.221. The molecule has 0 amide bonds. The van der Waals surface area contributed by atoms with Crippen LogP contribution in [-0.4, -0.2) is 15.3 Å². The maximum atomic E-state index is 9.86. The molecular formula is C14H10N2O. The van der Waals surface area contributed by atoms with Crippen molar-refractivity contribution in [1.82, 2.24) is 10.2 Å². The minimum absolute atomic E-state index is 0.221. The Bertz CT molecular complexity index is 674. The number of aromatic nitrogens is 2. The van der Waals surface area contributed by atoms with Gasteiger partial charge in [-0.05, 0) is 12.1 Å². The second-order valence-corrected chi connectivity index (χ2v) is 3.80. The Morgan fingerprint density at radius 2 is 1.65 bits per heavy atom. The Morgan fingerprint density at radius 1 is 0.882 bits per heavy atom. The van der Waals surface area contributed by atoms with Crippen molar-refractivity contribution >= 4 is 10.8 Å². The molecule has 17 heavy (non-hydrogen) atoms. The van der Waals surface area contributed by atoms with Crippen LogP contribution in [0.2, 0.25) is 0 Å². The molecule has 0 spiro atoms. The Labute approximate surface area is 98.4 Å². The number of rotatable bonds is 1. The zero-order valence-corrected chi connectivity index (χ0v) is 9.04. The van der Waals surface area contributed by atoms with Crippen LogP contribution in [0.15, 0.2) is 54.7 Å². The van der Waals surface area contributed by atoms with E-state index >= 15 is 0 Å². The van der Waals surface area contributed by atoms with Gasteiger partial charge in [-0.15, -0.1) is 5.10 Å². The highest BCUT2D eigenvalue weighted by Crippen LogP contribution is 2.31. The summed E-state index contributed by atoms with van der Waals surface area (Å²) < 4.78 is 0. The largest absolute Gasteiger partial charge is 0.507 e. The molecule has 0 unspecified atom stereocenters. The molecule has 3 rings (SSSR count). The van der Waals surface area contributed by atoms with Crippen molar-refractivity contribution in [3.8, 4) is 17.0 Å². The van der Waals surface area contributed by atoms with E-state index in [1.807, 2.05) is 36.4 Å². The molecule has 2 aromatic carbocycles. The molecule has 1 N–H and O–H groups in total. The van der Waals surface area contributed by atoms with Crippen LogP contribution in [0.1, 0.15) is 0 Å². The van der Waals surface area contributed by atoms with E-state index in [4.69, 9.17) is 0 Å². The van der Waals surface area contributed by atoms with Crippen LogP contribution < -0.4 is 0 Å². The topological polar surface area (TPSA) is 46.0 Å². The van der Waals surface area contributed by atoms with Crippen LogP contribution in [0.25, 0.3) is 22.0 Å². The normalized spacial score (nSPS) is 10.6. The summed E-state index contributed by atoms with van der Waals surface area (Å²) in [7, 11) is 0. The van der Waals surface area contributed by atoms with Gasteiger partial charge in [0, 0.05) is 16.3 Å². The Hall–Kier alpha value is -2.42. The first-order valence-electron chi connectivity index (χ1n) is 5.35. The lowest BCUT2D eigenvalue weighted by atomic mass is 10.0. The van der Waals surface area contributed by atoms with E-state index in [2.05, 4.69) is 10.2 Å². The van der Waals surface area contributed by atoms with Gasteiger partial charge in [0.05, 0.1) is 6.20 Å². The van der Waals surface area contributed by atoms with E-state index in [-0.39, 0.29) is 5.75 Å². The van der Waals surface area contributed by atoms with Crippen LogP contribution in [0.5, 0.6) is 5.75 Å². The molecular weight excluding hydrogens is 212 g/mol. The standard InChI is InChI=1S/C14H10N2O/c17-13-8-4-3-7-12(13)14-11-6-2-1-5-10(11)9-15-16-14/h1-9,17H. The second-order valence-electron chi connectivity index (χ2n) is 3.80. The molecule has 0 saturated heterocycles. The summed E-state index contributed by atoms with van der Waals surface area (Å²) in [6, 6.07) is 15.0. The minimum atomic E-state index is 0.221. The lowest BCUT2D eigenvalue weighted by molar-refractivity contribution is 0.477. The predicted molar refractivity (Wildman–Crippen MR) is 66.6 cm³/mol. The summed E-state index contributed by atoms with van der Waals surface area (Å²) in [6.45, 7) is 0. The van der Waals surface area contributed by atoms with Crippen LogP contribution >= 0.6 is 0 Å². The van der Waals surface area contributed by atoms with Crippen LogP contribution in [0, 0.1) is 0 Å². The van der Waals surface area contributed by atoms with Gasteiger partial charge >= 0.3 is 0 Å². The van der Waals surface area contributed by atoms with Gasteiger partial charge in [0.2, 0.25) is 0 Å². The molecule has 3 aromatic rings. The van der Waals surface area contributed by atoms with E-state index in [0.717, 1.165) is 10.8 Å². The fourth-order valence-electron chi connectivity index (χ4n) is 1.90. The average molecular weight is 222 g/mol. The fourth-order valence-corrected chi connectivity index (χ4v) is 1.90. The average Bonchev–Trinajstić information content (AvgIpc) is 2.39. The monoisotopic (exact) mass is 222 g/mol. The number of para-hydroxylation sites is 1. The Kier molecular flexibility index (Phi) is 2.22. The molecule has 3 nitrogen and oxygen atoms in total. The van der Waals surface area contributed by atoms with Gasteiger partial charge in [0.1, 0.15) is 11.4 Å². The van der Waals surface area contributed by atoms with Crippen LogP contribution in [0.3, 0.4) is 0 Å². The highest BCUT2D eigenvalue weighted by Gasteiger charge is 2.09. The van der Waals surface area contributed by atoms with Crippen LogP contribution in [-0.2, 0) is 0 Å². The van der Waals surface area contributed by atoms with Gasteiger partial charge in [0.15, 0.2) is 0 Å². The molecule has 0 aliphatic carbocycles. The highest BCUT2D eigenvalue weighted by molar-refractivity contribution is 5.94. The maximum absolute atomic E-state index is 9.86. The van der Waals surface area contributed by atoms with Gasteiger partial charge in [-0.25, -0.2) is 0 Å². The van der Waals surface area contributed by atoms with E-state index in [1.54, 1.807) is 18.3 Å². The van der Waals surface area contributed by atoms with Gasteiger partial charge in [-0.1, -0.05) is 36.4 Å². The summed E-state index contributed by atoms with van der Waals surface area (Å²) in [5, 5.41) is 20.0. The van der Waals surface area contributed by atoms with Gasteiger partial charge in [0.25, 0.3) is 0 Å². The third-order valence-electron chi connectivity index (χ3n) is 2.73. The smallest absolute Gasteiger partial charge is 0.125 e. The molecule has 0 aliphatic heterocycles. The van der Waals surface area contributed by atoms with E-state index in [9.17, 15) is 5.11 Å². The first-order chi connectivity index (χ1) is 8.36. The number of hydrogen-bond acceptors (Lipinski definition) is 3. The Morgan fingerprint density at radius 3 is 2.53 bits per heavy atom. The van der Waals surface area contributed by atoms with Crippen molar-refractivity contribution in [1.29, 1.82) is 0 Å². The molecule has 0 fully saturated rings. The van der Waals surface area contributed by atoms with Crippen molar-refractivity contribution in [2.45, 2.75) is 0 Å². The summed E-state index contributed by atoms with van der Waals surface area (Å²) in [6.07, 6.45) is 1.72.